The topological polar surface area (TPSA) is 58.4 Å². The first-order valence-electron chi connectivity index (χ1n) is 7.41. The Morgan fingerprint density at radius 2 is 2.22 bits per heavy atom. The number of hydrogen-bond donors (Lipinski definition) is 2. The second-order valence-corrected chi connectivity index (χ2v) is 6.05. The van der Waals surface area contributed by atoms with Crippen LogP contribution in [0.3, 0.4) is 0 Å². The Kier molecular flexibility index (Phi) is 5.01. The molecule has 0 bridgehead atoms. The third kappa shape index (κ3) is 4.58. The van der Waals surface area contributed by atoms with Crippen LogP contribution in [0.1, 0.15) is 45.4 Å². The molecular weight excluding hydrogens is 226 g/mol. The molecule has 4 heteroatoms. The lowest BCUT2D eigenvalue weighted by molar-refractivity contribution is -0.121. The van der Waals surface area contributed by atoms with Crippen molar-refractivity contribution < 1.29 is 4.79 Å². The van der Waals surface area contributed by atoms with Crippen molar-refractivity contribution in [2.24, 2.45) is 11.7 Å². The molecular formula is C14H27N3O. The van der Waals surface area contributed by atoms with Crippen LogP contribution in [0.2, 0.25) is 0 Å². The van der Waals surface area contributed by atoms with E-state index in [-0.39, 0.29) is 11.9 Å². The van der Waals surface area contributed by atoms with Gasteiger partial charge in [0.1, 0.15) is 0 Å². The SMILES string of the molecule is CC(N)CCCC(=O)NCC1CCN(C2CC2)C1. The molecule has 1 aliphatic heterocycles. The molecule has 2 fully saturated rings. The average molecular weight is 253 g/mol. The van der Waals surface area contributed by atoms with Crippen LogP contribution < -0.4 is 11.1 Å². The fourth-order valence-corrected chi connectivity index (χ4v) is 2.73. The Bertz CT molecular complexity index is 276. The first-order chi connectivity index (χ1) is 8.65. The highest BCUT2D eigenvalue weighted by Crippen LogP contribution is 2.31. The molecule has 0 radical (unpaired) electrons. The highest BCUT2D eigenvalue weighted by atomic mass is 16.1. The number of nitrogens with one attached hydrogen (secondary N) is 1. The summed E-state index contributed by atoms with van der Waals surface area (Å²) in [6, 6.07) is 1.08. The van der Waals surface area contributed by atoms with Crippen molar-refractivity contribution in [1.82, 2.24) is 10.2 Å². The molecule has 0 aromatic heterocycles. The van der Waals surface area contributed by atoms with E-state index in [9.17, 15) is 4.79 Å². The van der Waals surface area contributed by atoms with Gasteiger partial charge in [-0.1, -0.05) is 0 Å². The monoisotopic (exact) mass is 253 g/mol. The molecule has 1 amide bonds. The van der Waals surface area contributed by atoms with Gasteiger partial charge in [0.05, 0.1) is 0 Å². The van der Waals surface area contributed by atoms with Gasteiger partial charge in [0.25, 0.3) is 0 Å². The van der Waals surface area contributed by atoms with Crippen LogP contribution in [-0.2, 0) is 4.79 Å². The molecule has 1 aliphatic carbocycles. The van der Waals surface area contributed by atoms with Crippen molar-refractivity contribution in [3.8, 4) is 0 Å². The van der Waals surface area contributed by atoms with Crippen molar-refractivity contribution in [3.63, 3.8) is 0 Å². The summed E-state index contributed by atoms with van der Waals surface area (Å²) in [7, 11) is 0. The van der Waals surface area contributed by atoms with E-state index >= 15 is 0 Å². The maximum absolute atomic E-state index is 11.6. The van der Waals surface area contributed by atoms with Crippen molar-refractivity contribution in [2.45, 2.75) is 57.5 Å². The first-order valence-corrected chi connectivity index (χ1v) is 7.41. The predicted octanol–water partition coefficient (Wildman–Crippen LogP) is 1.10. The Morgan fingerprint density at radius 3 is 2.89 bits per heavy atom. The lowest BCUT2D eigenvalue weighted by Gasteiger charge is -2.15. The lowest BCUT2D eigenvalue weighted by atomic mass is 10.1. The zero-order valence-corrected chi connectivity index (χ0v) is 11.5. The Labute approximate surface area is 110 Å². The highest BCUT2D eigenvalue weighted by Gasteiger charge is 2.34. The standard InChI is InChI=1S/C14H27N3O/c1-11(15)3-2-4-14(18)16-9-12-7-8-17(10-12)13-5-6-13/h11-13H,2-10,15H2,1H3,(H,16,18). The van der Waals surface area contributed by atoms with E-state index in [0.717, 1.165) is 25.4 Å². The molecule has 2 atom stereocenters. The quantitative estimate of drug-likeness (QED) is 0.714. The van der Waals surface area contributed by atoms with Crippen LogP contribution in [0.4, 0.5) is 0 Å². The third-order valence-corrected chi connectivity index (χ3v) is 4.03. The Hall–Kier alpha value is -0.610. The lowest BCUT2D eigenvalue weighted by Crippen LogP contribution is -2.31. The summed E-state index contributed by atoms with van der Waals surface area (Å²) in [5, 5.41) is 3.07. The molecule has 104 valence electrons. The molecule has 2 rings (SSSR count). The van der Waals surface area contributed by atoms with Crippen LogP contribution in [0.25, 0.3) is 0 Å². The summed E-state index contributed by atoms with van der Waals surface area (Å²) in [4.78, 5) is 14.2. The van der Waals surface area contributed by atoms with Crippen molar-refractivity contribution in [2.75, 3.05) is 19.6 Å². The van der Waals surface area contributed by atoms with E-state index in [4.69, 9.17) is 5.73 Å². The van der Waals surface area contributed by atoms with E-state index in [1.54, 1.807) is 0 Å². The van der Waals surface area contributed by atoms with Gasteiger partial charge in [0.15, 0.2) is 0 Å². The molecule has 2 aliphatic rings. The van der Waals surface area contributed by atoms with Crippen molar-refractivity contribution in [1.29, 1.82) is 0 Å². The number of nitrogens with two attached hydrogens (primary N) is 1. The Morgan fingerprint density at radius 1 is 1.44 bits per heavy atom. The second-order valence-electron chi connectivity index (χ2n) is 6.05. The normalized spacial score (nSPS) is 26.2. The minimum absolute atomic E-state index is 0.195. The van der Waals surface area contributed by atoms with Gasteiger partial charge in [-0.05, 0) is 51.5 Å². The van der Waals surface area contributed by atoms with Gasteiger partial charge in [-0.3, -0.25) is 4.79 Å². The average Bonchev–Trinajstić information content (AvgIpc) is 3.06. The molecule has 1 saturated heterocycles. The molecule has 0 aromatic carbocycles. The number of carbonyl (C=O) groups excluding carboxylic acids is 1. The predicted molar refractivity (Wildman–Crippen MR) is 73.2 cm³/mol. The molecule has 0 aromatic rings. The van der Waals surface area contributed by atoms with E-state index in [1.807, 2.05) is 6.92 Å². The van der Waals surface area contributed by atoms with Gasteiger partial charge in [-0.15, -0.1) is 0 Å². The number of amides is 1. The molecule has 3 N–H and O–H groups in total. The van der Waals surface area contributed by atoms with E-state index in [2.05, 4.69) is 10.2 Å². The number of likely N-dealkylation sites (tertiary alicyclic amines) is 1. The summed E-state index contributed by atoms with van der Waals surface area (Å²) >= 11 is 0. The molecule has 2 unspecified atom stereocenters. The van der Waals surface area contributed by atoms with E-state index < -0.39 is 0 Å². The third-order valence-electron chi connectivity index (χ3n) is 4.03. The number of rotatable bonds is 7. The molecule has 1 heterocycles. The summed E-state index contributed by atoms with van der Waals surface area (Å²) in [6.45, 7) is 5.27. The highest BCUT2D eigenvalue weighted by molar-refractivity contribution is 5.75. The number of carbonyl (C=O) groups is 1. The maximum Gasteiger partial charge on any atom is 0.220 e. The molecule has 18 heavy (non-hydrogen) atoms. The Balaban J connectivity index is 1.53. The number of nitrogens with zero attached hydrogens (tertiary/aromatic N) is 1. The molecule has 4 nitrogen and oxygen atoms in total. The van der Waals surface area contributed by atoms with Gasteiger partial charge < -0.3 is 16.0 Å². The molecule has 0 spiro atoms. The van der Waals surface area contributed by atoms with Crippen LogP contribution in [0.5, 0.6) is 0 Å². The van der Waals surface area contributed by atoms with Crippen molar-refractivity contribution in [3.05, 3.63) is 0 Å². The summed E-state index contributed by atoms with van der Waals surface area (Å²) in [5.74, 6) is 0.864. The largest absolute Gasteiger partial charge is 0.356 e. The zero-order chi connectivity index (χ0) is 13.0. The van der Waals surface area contributed by atoms with Gasteiger partial charge in [-0.25, -0.2) is 0 Å². The smallest absolute Gasteiger partial charge is 0.220 e. The summed E-state index contributed by atoms with van der Waals surface area (Å²) < 4.78 is 0. The van der Waals surface area contributed by atoms with E-state index in [0.29, 0.717) is 12.3 Å². The van der Waals surface area contributed by atoms with Crippen LogP contribution in [0.15, 0.2) is 0 Å². The summed E-state index contributed by atoms with van der Waals surface area (Å²) in [5.41, 5.74) is 5.66. The van der Waals surface area contributed by atoms with Gasteiger partial charge in [0, 0.05) is 31.6 Å². The minimum Gasteiger partial charge on any atom is -0.356 e. The number of hydrogen-bond acceptors (Lipinski definition) is 3. The first kappa shape index (κ1) is 13.8. The zero-order valence-electron chi connectivity index (χ0n) is 11.5. The second kappa shape index (κ2) is 6.53. The van der Waals surface area contributed by atoms with Crippen molar-refractivity contribution >= 4 is 5.91 Å². The maximum atomic E-state index is 11.6. The van der Waals surface area contributed by atoms with Crippen LogP contribution in [0, 0.1) is 5.92 Å². The minimum atomic E-state index is 0.195. The van der Waals surface area contributed by atoms with Gasteiger partial charge >= 0.3 is 0 Å². The fraction of sp³-hybridized carbons (Fsp3) is 0.929. The van der Waals surface area contributed by atoms with Gasteiger partial charge in [-0.2, -0.15) is 0 Å². The fourth-order valence-electron chi connectivity index (χ4n) is 2.73. The van der Waals surface area contributed by atoms with Gasteiger partial charge in [0.2, 0.25) is 5.91 Å². The van der Waals surface area contributed by atoms with Crippen LogP contribution >= 0.6 is 0 Å². The van der Waals surface area contributed by atoms with E-state index in [1.165, 1.54) is 32.4 Å². The van der Waals surface area contributed by atoms with Crippen LogP contribution in [-0.4, -0.2) is 42.5 Å². The summed E-state index contributed by atoms with van der Waals surface area (Å²) in [6.07, 6.45) is 6.48. The molecule has 1 saturated carbocycles.